The molecule has 2 aromatic carbocycles. The molecule has 0 radical (unpaired) electrons. The highest BCUT2D eigenvalue weighted by Crippen LogP contribution is 2.27. The standard InChI is InChI=1S/C31H40O7/c1-4-7-8-9-10-11-12-13-18-37-28(21-29(32)35-5-2)22-14-16-26-24(19-22)30(33)25-20-23(31(34)36-6-3)15-17-27(25)38-26/h14-17,19-20,28H,4-13,18,21H2,1-3H3. The molecule has 0 aliphatic carbocycles. The number of unbranched alkanes of at least 4 members (excludes halogenated alkanes) is 7. The third-order valence-electron chi connectivity index (χ3n) is 6.55. The molecule has 1 aromatic heterocycles. The average molecular weight is 525 g/mol. The molecule has 0 spiro atoms. The number of hydrogen-bond donors (Lipinski definition) is 0. The minimum Gasteiger partial charge on any atom is -0.466 e. The van der Waals surface area contributed by atoms with Crippen LogP contribution in [-0.2, 0) is 19.0 Å². The summed E-state index contributed by atoms with van der Waals surface area (Å²) in [6.45, 7) is 6.77. The van der Waals surface area contributed by atoms with Crippen molar-refractivity contribution >= 4 is 33.9 Å². The quantitative estimate of drug-likeness (QED) is 0.110. The minimum atomic E-state index is -0.538. The van der Waals surface area contributed by atoms with Crippen LogP contribution in [0.5, 0.6) is 0 Å². The lowest BCUT2D eigenvalue weighted by atomic mass is 10.0. The van der Waals surface area contributed by atoms with Crippen LogP contribution in [0.4, 0.5) is 0 Å². The Labute approximate surface area is 224 Å². The first-order valence-electron chi connectivity index (χ1n) is 13.9. The third-order valence-corrected chi connectivity index (χ3v) is 6.55. The Balaban J connectivity index is 1.79. The van der Waals surface area contributed by atoms with Crippen LogP contribution >= 0.6 is 0 Å². The first-order chi connectivity index (χ1) is 18.5. The van der Waals surface area contributed by atoms with Gasteiger partial charge in [-0.25, -0.2) is 4.79 Å². The van der Waals surface area contributed by atoms with Crippen LogP contribution in [0.1, 0.15) is 101 Å². The monoisotopic (exact) mass is 524 g/mol. The van der Waals surface area contributed by atoms with Crippen molar-refractivity contribution in [2.24, 2.45) is 0 Å². The summed E-state index contributed by atoms with van der Waals surface area (Å²) >= 11 is 0. The number of benzene rings is 2. The molecule has 206 valence electrons. The number of esters is 2. The highest BCUT2D eigenvalue weighted by atomic mass is 16.5. The predicted octanol–water partition coefficient (Wildman–Crippen LogP) is 7.27. The summed E-state index contributed by atoms with van der Waals surface area (Å²) in [6.07, 6.45) is 9.03. The van der Waals surface area contributed by atoms with Crippen LogP contribution in [0, 0.1) is 0 Å². The number of carbonyl (C=O) groups excluding carboxylic acids is 2. The van der Waals surface area contributed by atoms with Crippen LogP contribution < -0.4 is 5.43 Å². The molecule has 0 aliphatic heterocycles. The molecule has 0 fully saturated rings. The summed E-state index contributed by atoms with van der Waals surface area (Å²) in [6, 6.07) is 9.95. The Morgan fingerprint density at radius 2 is 1.42 bits per heavy atom. The van der Waals surface area contributed by atoms with E-state index in [2.05, 4.69) is 6.92 Å². The maximum absolute atomic E-state index is 13.4. The van der Waals surface area contributed by atoms with E-state index in [9.17, 15) is 14.4 Å². The van der Waals surface area contributed by atoms with Gasteiger partial charge in [-0.1, -0.05) is 57.9 Å². The van der Waals surface area contributed by atoms with Crippen LogP contribution in [0.2, 0.25) is 0 Å². The normalized spacial score (nSPS) is 12.1. The van der Waals surface area contributed by atoms with Gasteiger partial charge in [0.2, 0.25) is 5.43 Å². The van der Waals surface area contributed by atoms with Gasteiger partial charge in [0.15, 0.2) is 0 Å². The molecule has 7 heteroatoms. The van der Waals surface area contributed by atoms with Gasteiger partial charge in [0.1, 0.15) is 11.2 Å². The van der Waals surface area contributed by atoms with E-state index in [0.29, 0.717) is 40.7 Å². The smallest absolute Gasteiger partial charge is 0.338 e. The first-order valence-corrected chi connectivity index (χ1v) is 13.9. The van der Waals surface area contributed by atoms with Gasteiger partial charge in [0.05, 0.1) is 42.1 Å². The number of hydrogen-bond acceptors (Lipinski definition) is 7. The van der Waals surface area contributed by atoms with E-state index in [-0.39, 0.29) is 30.0 Å². The van der Waals surface area contributed by atoms with Gasteiger partial charge in [0.25, 0.3) is 0 Å². The third kappa shape index (κ3) is 8.15. The van der Waals surface area contributed by atoms with Crippen LogP contribution in [0.15, 0.2) is 45.6 Å². The molecule has 0 aliphatic rings. The lowest BCUT2D eigenvalue weighted by molar-refractivity contribution is -0.146. The molecule has 3 aromatic rings. The molecule has 3 rings (SSSR count). The molecule has 1 unspecified atom stereocenters. The highest BCUT2D eigenvalue weighted by molar-refractivity contribution is 5.96. The molecule has 0 bridgehead atoms. The fraction of sp³-hybridized carbons (Fsp3) is 0.516. The van der Waals surface area contributed by atoms with Gasteiger partial charge in [0, 0.05) is 6.61 Å². The zero-order valence-electron chi connectivity index (χ0n) is 22.9. The molecule has 1 heterocycles. The Hall–Kier alpha value is -3.19. The number of fused-ring (bicyclic) bond motifs is 2. The first kappa shape index (κ1) is 29.4. The molecule has 0 saturated heterocycles. The Morgan fingerprint density at radius 1 is 0.789 bits per heavy atom. The van der Waals surface area contributed by atoms with Crippen molar-refractivity contribution in [2.45, 2.75) is 84.7 Å². The number of rotatable bonds is 16. The molecular formula is C31H40O7. The van der Waals surface area contributed by atoms with Crippen LogP contribution in [0.25, 0.3) is 21.9 Å². The van der Waals surface area contributed by atoms with Gasteiger partial charge < -0.3 is 18.6 Å². The zero-order chi connectivity index (χ0) is 27.3. The Bertz CT molecular complexity index is 1260. The zero-order valence-corrected chi connectivity index (χ0v) is 22.9. The second-order valence-corrected chi connectivity index (χ2v) is 9.46. The lowest BCUT2D eigenvalue weighted by Gasteiger charge is -2.18. The topological polar surface area (TPSA) is 92.0 Å². The van der Waals surface area contributed by atoms with Crippen molar-refractivity contribution < 1.29 is 28.2 Å². The van der Waals surface area contributed by atoms with E-state index in [4.69, 9.17) is 18.6 Å². The van der Waals surface area contributed by atoms with Crippen molar-refractivity contribution in [3.63, 3.8) is 0 Å². The maximum Gasteiger partial charge on any atom is 0.338 e. The van der Waals surface area contributed by atoms with Gasteiger partial charge in [-0.05, 0) is 56.2 Å². The summed E-state index contributed by atoms with van der Waals surface area (Å²) in [5.41, 5.74) is 1.55. The van der Waals surface area contributed by atoms with Gasteiger partial charge in [-0.3, -0.25) is 9.59 Å². The van der Waals surface area contributed by atoms with Crippen molar-refractivity contribution in [2.75, 3.05) is 19.8 Å². The molecule has 7 nitrogen and oxygen atoms in total. The molecule has 0 N–H and O–H groups in total. The lowest BCUT2D eigenvalue weighted by Crippen LogP contribution is -2.14. The van der Waals surface area contributed by atoms with E-state index in [1.807, 2.05) is 6.07 Å². The summed E-state index contributed by atoms with van der Waals surface area (Å²) in [5, 5.41) is 0.655. The Morgan fingerprint density at radius 3 is 2.11 bits per heavy atom. The molecule has 0 amide bonds. The fourth-order valence-corrected chi connectivity index (χ4v) is 4.52. The summed E-state index contributed by atoms with van der Waals surface area (Å²) in [7, 11) is 0. The number of carbonyl (C=O) groups is 2. The maximum atomic E-state index is 13.4. The molecular weight excluding hydrogens is 484 g/mol. The number of ether oxygens (including phenoxy) is 3. The SMILES string of the molecule is CCCCCCCCCCOC(CC(=O)OCC)c1ccc2oc3ccc(C(=O)OCC)cc3c(=O)c2c1. The van der Waals surface area contributed by atoms with E-state index >= 15 is 0 Å². The van der Waals surface area contributed by atoms with E-state index in [1.54, 1.807) is 38.1 Å². The second-order valence-electron chi connectivity index (χ2n) is 9.46. The molecule has 0 saturated carbocycles. The largest absolute Gasteiger partial charge is 0.466 e. The minimum absolute atomic E-state index is 0.0578. The predicted molar refractivity (Wildman–Crippen MR) is 148 cm³/mol. The van der Waals surface area contributed by atoms with Gasteiger partial charge in [-0.2, -0.15) is 0 Å². The van der Waals surface area contributed by atoms with Crippen LogP contribution in [-0.4, -0.2) is 31.8 Å². The van der Waals surface area contributed by atoms with Crippen LogP contribution in [0.3, 0.4) is 0 Å². The molecule has 38 heavy (non-hydrogen) atoms. The van der Waals surface area contributed by atoms with E-state index < -0.39 is 12.1 Å². The summed E-state index contributed by atoms with van der Waals surface area (Å²) in [4.78, 5) is 37.9. The van der Waals surface area contributed by atoms with Crippen molar-refractivity contribution in [3.05, 3.63) is 57.7 Å². The van der Waals surface area contributed by atoms with Gasteiger partial charge in [-0.15, -0.1) is 0 Å². The van der Waals surface area contributed by atoms with E-state index in [0.717, 1.165) is 12.8 Å². The summed E-state index contributed by atoms with van der Waals surface area (Å²) in [5.74, 6) is -0.843. The summed E-state index contributed by atoms with van der Waals surface area (Å²) < 4.78 is 22.3. The van der Waals surface area contributed by atoms with E-state index in [1.165, 1.54) is 44.6 Å². The second kappa shape index (κ2) is 15.3. The van der Waals surface area contributed by atoms with Crippen molar-refractivity contribution in [1.82, 2.24) is 0 Å². The van der Waals surface area contributed by atoms with Crippen molar-refractivity contribution in [3.8, 4) is 0 Å². The highest BCUT2D eigenvalue weighted by Gasteiger charge is 2.20. The fourth-order valence-electron chi connectivity index (χ4n) is 4.52. The average Bonchev–Trinajstić information content (AvgIpc) is 2.91. The van der Waals surface area contributed by atoms with Crippen molar-refractivity contribution in [1.29, 1.82) is 0 Å². The molecule has 1 atom stereocenters. The Kier molecular flexibility index (Phi) is 11.8. The van der Waals surface area contributed by atoms with Gasteiger partial charge >= 0.3 is 11.9 Å².